The Morgan fingerprint density at radius 3 is 2.48 bits per heavy atom. The summed E-state index contributed by atoms with van der Waals surface area (Å²) in [5.41, 5.74) is 1.44. The monoisotopic (exact) mass is 411 g/mol. The van der Waals surface area contributed by atoms with Gasteiger partial charge in [0.15, 0.2) is 5.82 Å². The van der Waals surface area contributed by atoms with Gasteiger partial charge in [-0.2, -0.15) is 0 Å². The van der Waals surface area contributed by atoms with Gasteiger partial charge in [-0.05, 0) is 63.5 Å². The first-order valence-corrected chi connectivity index (χ1v) is 9.97. The first kappa shape index (κ1) is 21.0. The molecule has 0 saturated carbocycles. The zero-order valence-electron chi connectivity index (χ0n) is 17.0. The highest BCUT2D eigenvalue weighted by Gasteiger charge is 2.15. The van der Waals surface area contributed by atoms with Gasteiger partial charge in [0.2, 0.25) is 0 Å². The second kappa shape index (κ2) is 9.67. The second-order valence-corrected chi connectivity index (χ2v) is 7.69. The van der Waals surface area contributed by atoms with E-state index in [-0.39, 0.29) is 5.91 Å². The second-order valence-electron chi connectivity index (χ2n) is 7.26. The van der Waals surface area contributed by atoms with Gasteiger partial charge in [-0.25, -0.2) is 9.97 Å². The van der Waals surface area contributed by atoms with Crippen molar-refractivity contribution in [2.75, 3.05) is 39.5 Å². The Morgan fingerprint density at radius 2 is 1.76 bits per heavy atom. The van der Waals surface area contributed by atoms with Crippen LogP contribution in [0.15, 0.2) is 48.5 Å². The van der Waals surface area contributed by atoms with Crippen LogP contribution in [-0.2, 0) is 6.54 Å². The van der Waals surface area contributed by atoms with Crippen LogP contribution in [0.3, 0.4) is 0 Å². The van der Waals surface area contributed by atoms with Crippen molar-refractivity contribution in [3.63, 3.8) is 0 Å². The number of para-hydroxylation sites is 1. The molecule has 1 aromatic heterocycles. The summed E-state index contributed by atoms with van der Waals surface area (Å²) in [5, 5.41) is 5.01. The van der Waals surface area contributed by atoms with E-state index in [1.807, 2.05) is 24.3 Å². The zero-order valence-corrected chi connectivity index (χ0v) is 17.8. The molecule has 0 spiro atoms. The minimum absolute atomic E-state index is 0.0982. The van der Waals surface area contributed by atoms with Gasteiger partial charge in [0, 0.05) is 29.6 Å². The van der Waals surface area contributed by atoms with E-state index < -0.39 is 0 Å². The number of hydrogen-bond donors (Lipinski definition) is 1. The molecule has 0 aliphatic heterocycles. The number of carbonyl (C=O) groups excluding carboxylic acids is 1. The third-order valence-corrected chi connectivity index (χ3v) is 4.79. The molecule has 7 heteroatoms. The van der Waals surface area contributed by atoms with Crippen LogP contribution in [0.4, 0.5) is 5.82 Å². The number of fused-ring (bicyclic) bond motifs is 1. The summed E-state index contributed by atoms with van der Waals surface area (Å²) >= 11 is 5.91. The van der Waals surface area contributed by atoms with E-state index in [0.29, 0.717) is 23.0 Å². The summed E-state index contributed by atoms with van der Waals surface area (Å²) in [5.74, 6) is 1.30. The molecule has 0 atom stereocenters. The van der Waals surface area contributed by atoms with Crippen molar-refractivity contribution >= 4 is 34.2 Å². The third kappa shape index (κ3) is 5.65. The fraction of sp³-hybridized carbons (Fsp3) is 0.318. The van der Waals surface area contributed by atoms with E-state index in [1.54, 1.807) is 36.2 Å². The SMILES string of the molecule is CN(C)CCCNc1nc(CN(C)C(=O)c2ccc(Cl)cc2)nc2ccccc12. The third-order valence-electron chi connectivity index (χ3n) is 4.54. The van der Waals surface area contributed by atoms with Gasteiger partial charge in [0.1, 0.15) is 5.82 Å². The van der Waals surface area contributed by atoms with Crippen LogP contribution in [0.2, 0.25) is 5.02 Å². The minimum atomic E-state index is -0.0982. The predicted octanol–water partition coefficient (Wildman–Crippen LogP) is 3.92. The quantitative estimate of drug-likeness (QED) is 0.569. The Bertz CT molecular complexity index is 975. The van der Waals surface area contributed by atoms with Crippen molar-refractivity contribution in [3.8, 4) is 0 Å². The summed E-state index contributed by atoms with van der Waals surface area (Å²) in [6.07, 6.45) is 1.01. The molecule has 1 N–H and O–H groups in total. The smallest absolute Gasteiger partial charge is 0.254 e. The van der Waals surface area contributed by atoms with Gasteiger partial charge in [-0.15, -0.1) is 0 Å². The molecule has 0 fully saturated rings. The summed E-state index contributed by atoms with van der Waals surface area (Å²) < 4.78 is 0. The molecule has 6 nitrogen and oxygen atoms in total. The normalized spacial score (nSPS) is 11.1. The molecule has 0 bridgehead atoms. The van der Waals surface area contributed by atoms with E-state index in [1.165, 1.54) is 0 Å². The van der Waals surface area contributed by atoms with Crippen LogP contribution in [-0.4, -0.2) is 59.9 Å². The largest absolute Gasteiger partial charge is 0.369 e. The van der Waals surface area contributed by atoms with Crippen LogP contribution in [0, 0.1) is 0 Å². The lowest BCUT2D eigenvalue weighted by molar-refractivity contribution is 0.0781. The van der Waals surface area contributed by atoms with Crippen molar-refractivity contribution in [1.82, 2.24) is 19.8 Å². The number of nitrogens with one attached hydrogen (secondary N) is 1. The van der Waals surface area contributed by atoms with Crippen LogP contribution < -0.4 is 5.32 Å². The Labute approximate surface area is 176 Å². The first-order chi connectivity index (χ1) is 13.9. The molecule has 0 saturated heterocycles. The number of aromatic nitrogens is 2. The summed E-state index contributed by atoms with van der Waals surface area (Å²) in [7, 11) is 5.87. The number of rotatable bonds is 8. The molecular formula is C22H26ClN5O. The molecule has 3 aromatic rings. The van der Waals surface area contributed by atoms with Crippen LogP contribution >= 0.6 is 11.6 Å². The fourth-order valence-corrected chi connectivity index (χ4v) is 3.16. The molecule has 0 aliphatic rings. The molecule has 152 valence electrons. The van der Waals surface area contributed by atoms with Gasteiger partial charge in [0.05, 0.1) is 12.1 Å². The maximum absolute atomic E-state index is 12.7. The average molecular weight is 412 g/mol. The lowest BCUT2D eigenvalue weighted by Gasteiger charge is -2.18. The maximum atomic E-state index is 12.7. The maximum Gasteiger partial charge on any atom is 0.254 e. The summed E-state index contributed by atoms with van der Waals surface area (Å²) in [6.45, 7) is 2.14. The molecule has 1 heterocycles. The number of nitrogens with zero attached hydrogens (tertiary/aromatic N) is 4. The number of halogens is 1. The highest BCUT2D eigenvalue weighted by Crippen LogP contribution is 2.21. The number of amides is 1. The van der Waals surface area contributed by atoms with Gasteiger partial charge < -0.3 is 15.1 Å². The molecule has 1 amide bonds. The molecule has 29 heavy (non-hydrogen) atoms. The van der Waals surface area contributed by atoms with E-state index in [0.717, 1.165) is 36.2 Å². The van der Waals surface area contributed by atoms with E-state index in [2.05, 4.69) is 29.3 Å². The Morgan fingerprint density at radius 1 is 1.03 bits per heavy atom. The summed E-state index contributed by atoms with van der Waals surface area (Å²) in [4.78, 5) is 25.8. The number of anilines is 1. The van der Waals surface area contributed by atoms with Crippen molar-refractivity contribution in [3.05, 3.63) is 64.9 Å². The Balaban J connectivity index is 1.77. The first-order valence-electron chi connectivity index (χ1n) is 9.59. The van der Waals surface area contributed by atoms with Gasteiger partial charge in [0.25, 0.3) is 5.91 Å². The van der Waals surface area contributed by atoms with Crippen LogP contribution in [0.5, 0.6) is 0 Å². The molecule has 0 unspecified atom stereocenters. The number of hydrogen-bond acceptors (Lipinski definition) is 5. The number of benzene rings is 2. The van der Waals surface area contributed by atoms with Crippen LogP contribution in [0.25, 0.3) is 10.9 Å². The molecule has 3 rings (SSSR count). The van der Waals surface area contributed by atoms with Gasteiger partial charge in [-0.3, -0.25) is 4.79 Å². The van der Waals surface area contributed by atoms with Crippen molar-refractivity contribution < 1.29 is 4.79 Å². The predicted molar refractivity (Wildman–Crippen MR) is 118 cm³/mol. The Hall–Kier alpha value is -2.70. The zero-order chi connectivity index (χ0) is 20.8. The molecular weight excluding hydrogens is 386 g/mol. The minimum Gasteiger partial charge on any atom is -0.369 e. The lowest BCUT2D eigenvalue weighted by atomic mass is 10.2. The topological polar surface area (TPSA) is 61.4 Å². The molecule has 0 aliphatic carbocycles. The van der Waals surface area contributed by atoms with E-state index in [4.69, 9.17) is 16.6 Å². The van der Waals surface area contributed by atoms with Crippen molar-refractivity contribution in [1.29, 1.82) is 0 Å². The number of carbonyl (C=O) groups is 1. The standard InChI is InChI=1S/C22H26ClN5O/c1-27(2)14-6-13-24-21-18-7-4-5-8-19(18)25-20(26-21)15-28(3)22(29)16-9-11-17(23)12-10-16/h4-5,7-12H,6,13-15H2,1-3H3,(H,24,25,26). The fourth-order valence-electron chi connectivity index (χ4n) is 3.03. The Kier molecular flexibility index (Phi) is 7.01. The van der Waals surface area contributed by atoms with Gasteiger partial charge in [-0.1, -0.05) is 23.7 Å². The van der Waals surface area contributed by atoms with E-state index >= 15 is 0 Å². The van der Waals surface area contributed by atoms with Gasteiger partial charge >= 0.3 is 0 Å². The van der Waals surface area contributed by atoms with Crippen molar-refractivity contribution in [2.24, 2.45) is 0 Å². The van der Waals surface area contributed by atoms with E-state index in [9.17, 15) is 4.79 Å². The lowest BCUT2D eigenvalue weighted by Crippen LogP contribution is -2.27. The average Bonchev–Trinajstić information content (AvgIpc) is 2.71. The summed E-state index contributed by atoms with van der Waals surface area (Å²) in [6, 6.07) is 14.8. The van der Waals surface area contributed by atoms with Crippen molar-refractivity contribution in [2.45, 2.75) is 13.0 Å². The molecule has 0 radical (unpaired) electrons. The highest BCUT2D eigenvalue weighted by atomic mass is 35.5. The molecule has 2 aromatic carbocycles. The van der Waals surface area contributed by atoms with Crippen LogP contribution in [0.1, 0.15) is 22.6 Å². The highest BCUT2D eigenvalue weighted by molar-refractivity contribution is 6.30.